The van der Waals surface area contributed by atoms with Crippen LogP contribution in [0.5, 0.6) is 5.75 Å². The largest absolute Gasteiger partial charge is 0.534 e. The molecule has 0 aliphatic heterocycles. The van der Waals surface area contributed by atoms with Crippen molar-refractivity contribution in [2.75, 3.05) is 6.61 Å². The zero-order chi connectivity index (χ0) is 22.2. The number of alkyl halides is 3. The van der Waals surface area contributed by atoms with Gasteiger partial charge in [-0.3, -0.25) is 4.79 Å². The quantitative estimate of drug-likeness (QED) is 0.186. The molecule has 0 N–H and O–H groups in total. The lowest BCUT2D eigenvalue weighted by Gasteiger charge is -2.15. The maximum absolute atomic E-state index is 12.8. The van der Waals surface area contributed by atoms with E-state index < -0.39 is 40.8 Å². The molecule has 0 amide bonds. The first-order valence-corrected chi connectivity index (χ1v) is 13.9. The minimum absolute atomic E-state index is 0.00954. The summed E-state index contributed by atoms with van der Waals surface area (Å²) in [5.74, 6) is -1.56. The number of fused-ring (bicyclic) bond motifs is 1. The van der Waals surface area contributed by atoms with E-state index in [1.807, 2.05) is 0 Å². The molecule has 0 aliphatic rings. The second-order valence-electron chi connectivity index (χ2n) is 7.55. The molecule has 2 rings (SSSR count). The van der Waals surface area contributed by atoms with E-state index in [1.54, 1.807) is 0 Å². The Labute approximate surface area is 171 Å². The van der Waals surface area contributed by atoms with Crippen molar-refractivity contribution in [3.8, 4) is 5.75 Å². The van der Waals surface area contributed by atoms with Crippen LogP contribution in [0.1, 0.15) is 17.3 Å². The highest BCUT2D eigenvalue weighted by Crippen LogP contribution is 2.37. The van der Waals surface area contributed by atoms with Gasteiger partial charge in [-0.1, -0.05) is 31.2 Å². The van der Waals surface area contributed by atoms with E-state index in [4.69, 9.17) is 16.3 Å². The van der Waals surface area contributed by atoms with E-state index in [-0.39, 0.29) is 22.7 Å². The molecule has 0 aliphatic carbocycles. The monoisotopic (exact) mass is 472 g/mol. The average Bonchev–Trinajstić information content (AvgIpc) is 2.96. The van der Waals surface area contributed by atoms with Gasteiger partial charge in [-0.15, -0.1) is 0 Å². The number of rotatable bonds is 8. The summed E-state index contributed by atoms with van der Waals surface area (Å²) < 4.78 is 72.3. The van der Waals surface area contributed by atoms with Gasteiger partial charge >= 0.3 is 15.6 Å². The van der Waals surface area contributed by atoms with Gasteiger partial charge in [0.25, 0.3) is 0 Å². The van der Waals surface area contributed by atoms with Crippen molar-refractivity contribution in [2.24, 2.45) is 0 Å². The molecule has 0 saturated heterocycles. The molecule has 13 heteroatoms. The van der Waals surface area contributed by atoms with Gasteiger partial charge in [0.1, 0.15) is 12.2 Å². The van der Waals surface area contributed by atoms with Crippen molar-refractivity contribution >= 4 is 46.5 Å². The fraction of sp³-hybridized carbons (Fsp3) is 0.500. The molecule has 0 fully saturated rings. The number of aromatic nitrogens is 2. The molecule has 1 aromatic carbocycles. The summed E-state index contributed by atoms with van der Waals surface area (Å²) in [6, 6.07) is 1.94. The average molecular weight is 473 g/mol. The van der Waals surface area contributed by atoms with E-state index in [2.05, 4.69) is 28.9 Å². The molecule has 0 atom stereocenters. The number of Topliss-reactive ketones (excluding diaryl/α,β-unsaturated/α-hetero) is 1. The molecule has 0 unspecified atom stereocenters. The predicted octanol–water partition coefficient (Wildman–Crippen LogP) is 4.43. The Morgan fingerprint density at radius 1 is 1.31 bits per heavy atom. The second kappa shape index (κ2) is 8.24. The number of hydrogen-bond donors (Lipinski definition) is 0. The lowest BCUT2D eigenvalue weighted by Crippen LogP contribution is -2.28. The zero-order valence-electron chi connectivity index (χ0n) is 16.1. The number of benzene rings is 1. The fourth-order valence-corrected chi connectivity index (χ4v) is 3.75. The topological polar surface area (TPSA) is 87.5 Å². The van der Waals surface area contributed by atoms with Gasteiger partial charge in [0.15, 0.2) is 11.5 Å². The highest BCUT2D eigenvalue weighted by atomic mass is 35.5. The molecule has 1 heterocycles. The van der Waals surface area contributed by atoms with E-state index in [0.29, 0.717) is 6.61 Å². The molecule has 1 aromatic heterocycles. The number of ether oxygens (including phenoxy) is 1. The van der Waals surface area contributed by atoms with Crippen molar-refractivity contribution in [3.63, 3.8) is 0 Å². The third kappa shape index (κ3) is 5.71. The van der Waals surface area contributed by atoms with Crippen LogP contribution in [0.3, 0.4) is 0 Å². The van der Waals surface area contributed by atoms with Crippen LogP contribution in [-0.4, -0.2) is 44.2 Å². The molecular formula is C16H20ClF3N2O5SSi. The Hall–Kier alpha value is -1.63. The molecule has 29 heavy (non-hydrogen) atoms. The van der Waals surface area contributed by atoms with Gasteiger partial charge in [-0.05, 0) is 19.0 Å². The van der Waals surface area contributed by atoms with E-state index in [0.717, 1.165) is 19.0 Å². The van der Waals surface area contributed by atoms with Gasteiger partial charge in [-0.25, -0.2) is 4.68 Å². The predicted molar refractivity (Wildman–Crippen MR) is 104 cm³/mol. The highest BCUT2D eigenvalue weighted by Gasteiger charge is 2.49. The van der Waals surface area contributed by atoms with E-state index >= 15 is 0 Å². The van der Waals surface area contributed by atoms with Gasteiger partial charge in [0.05, 0.1) is 10.6 Å². The smallest absolute Gasteiger partial charge is 0.373 e. The van der Waals surface area contributed by atoms with Crippen LogP contribution >= 0.6 is 11.6 Å². The number of hydrogen-bond acceptors (Lipinski definition) is 6. The Morgan fingerprint density at radius 3 is 2.45 bits per heavy atom. The van der Waals surface area contributed by atoms with Crippen LogP contribution in [0.2, 0.25) is 30.7 Å². The first kappa shape index (κ1) is 23.6. The summed E-state index contributed by atoms with van der Waals surface area (Å²) in [5.41, 5.74) is -6.39. The zero-order valence-corrected chi connectivity index (χ0v) is 18.7. The minimum atomic E-state index is -6.01. The van der Waals surface area contributed by atoms with E-state index in [9.17, 15) is 26.4 Å². The summed E-state index contributed by atoms with van der Waals surface area (Å²) in [5, 5.41) is 4.16. The molecule has 162 valence electrons. The normalized spacial score (nSPS) is 13.1. The third-order valence-electron chi connectivity index (χ3n) is 3.83. The van der Waals surface area contributed by atoms with Crippen LogP contribution < -0.4 is 4.18 Å². The Balaban J connectivity index is 2.46. The van der Waals surface area contributed by atoms with Crippen molar-refractivity contribution in [2.45, 2.75) is 44.8 Å². The second-order valence-corrected chi connectivity index (χ2v) is 15.1. The summed E-state index contributed by atoms with van der Waals surface area (Å²) in [7, 11) is -7.33. The molecule has 0 saturated carbocycles. The van der Waals surface area contributed by atoms with E-state index in [1.165, 1.54) is 10.9 Å². The molecule has 0 bridgehead atoms. The summed E-state index contributed by atoms with van der Waals surface area (Å²) in [4.78, 5) is 11.8. The van der Waals surface area contributed by atoms with Crippen LogP contribution in [0, 0.1) is 0 Å². The Morgan fingerprint density at radius 2 is 1.93 bits per heavy atom. The maximum atomic E-state index is 12.8. The number of carbonyl (C=O) groups excluding carboxylic acids is 1. The van der Waals surface area contributed by atoms with Crippen LogP contribution in [0.4, 0.5) is 13.2 Å². The summed E-state index contributed by atoms with van der Waals surface area (Å²) in [6.07, 6.45) is 1.38. The van der Waals surface area contributed by atoms with Crippen molar-refractivity contribution in [3.05, 3.63) is 22.8 Å². The maximum Gasteiger partial charge on any atom is 0.534 e. The summed E-state index contributed by atoms with van der Waals surface area (Å²) in [6.45, 7) is 7.99. The van der Waals surface area contributed by atoms with Gasteiger partial charge < -0.3 is 8.92 Å². The SMILES string of the molecule is CC(=O)c1cc(Cl)c2cn(COCC[Si](C)(C)C)nc2c1OS(=O)(=O)C(F)(F)F. The van der Waals surface area contributed by atoms with Gasteiger partial charge in [0, 0.05) is 26.3 Å². The number of carbonyl (C=O) groups is 1. The number of halogens is 4. The highest BCUT2D eigenvalue weighted by molar-refractivity contribution is 7.88. The Kier molecular flexibility index (Phi) is 6.72. The van der Waals surface area contributed by atoms with Crippen LogP contribution in [-0.2, 0) is 21.6 Å². The Bertz CT molecular complexity index is 1030. The summed E-state index contributed by atoms with van der Waals surface area (Å²) >= 11 is 6.11. The lowest BCUT2D eigenvalue weighted by atomic mass is 10.1. The molecule has 0 radical (unpaired) electrons. The number of nitrogens with zero attached hydrogens (tertiary/aromatic N) is 2. The molecular weight excluding hydrogens is 453 g/mol. The van der Waals surface area contributed by atoms with Gasteiger partial charge in [0.2, 0.25) is 0 Å². The van der Waals surface area contributed by atoms with Crippen LogP contribution in [0.15, 0.2) is 12.3 Å². The van der Waals surface area contributed by atoms with Crippen LogP contribution in [0.25, 0.3) is 10.9 Å². The van der Waals surface area contributed by atoms with Crippen molar-refractivity contribution in [1.29, 1.82) is 0 Å². The first-order chi connectivity index (χ1) is 13.1. The van der Waals surface area contributed by atoms with Crippen molar-refractivity contribution < 1.29 is 35.3 Å². The lowest BCUT2D eigenvalue weighted by molar-refractivity contribution is -0.0499. The standard InChI is InChI=1S/C16H20ClF3N2O5SSi/c1-10(23)11-7-13(17)12-8-22(9-26-5-6-29(2,3)4)21-14(12)15(11)27-28(24,25)16(18,19)20/h7-8H,5-6,9H2,1-4H3. The fourth-order valence-electron chi connectivity index (χ4n) is 2.27. The van der Waals surface area contributed by atoms with Crippen molar-refractivity contribution in [1.82, 2.24) is 9.78 Å². The van der Waals surface area contributed by atoms with Gasteiger partial charge in [-0.2, -0.15) is 26.7 Å². The third-order valence-corrected chi connectivity index (χ3v) is 6.80. The number of ketones is 1. The first-order valence-electron chi connectivity index (χ1n) is 8.41. The molecule has 2 aromatic rings. The molecule has 0 spiro atoms. The minimum Gasteiger partial charge on any atom is -0.373 e. The molecule has 7 nitrogen and oxygen atoms in total.